The lowest BCUT2D eigenvalue weighted by Crippen LogP contribution is -2.57. The molecule has 6 N–H and O–H groups in total. The van der Waals surface area contributed by atoms with Gasteiger partial charge < -0.3 is 31.1 Å². The Kier molecular flexibility index (Phi) is 14.0. The maximum absolute atomic E-state index is 12.9. The Bertz CT molecular complexity index is 1010. The number of rotatable bonds is 19. The summed E-state index contributed by atoms with van der Waals surface area (Å²) in [6.07, 6.45) is 4.55. The average Bonchev–Trinajstić information content (AvgIpc) is 2.90. The van der Waals surface area contributed by atoms with Crippen LogP contribution in [0.4, 0.5) is 0 Å². The van der Waals surface area contributed by atoms with E-state index in [9.17, 15) is 29.7 Å². The molecule has 0 aromatic carbocycles. The molecule has 1 amide bonds. The molecule has 0 aliphatic heterocycles. The fourth-order valence-electron chi connectivity index (χ4n) is 7.22. The maximum atomic E-state index is 12.9. The number of nitrogens with one attached hydrogen (secondary N) is 1. The van der Waals surface area contributed by atoms with E-state index >= 15 is 0 Å². The standard InChI is InChI=1S/C35H64N2O7/c1-30(2,28(42)32(5,6)22-38)19-34(9,10)44-23-33(7,8)29(43)31(3,4)20-35(11,21-36)37-27(41)15-13-12-14-24-18-25(39)16-17-26(24)40/h16-17,24,28-29,38,42-43H,12-15,18-23,36H2,1-11H3,(H,37,41). The third-order valence-electron chi connectivity index (χ3n) is 9.31. The predicted molar refractivity (Wildman–Crippen MR) is 175 cm³/mol. The monoisotopic (exact) mass is 624 g/mol. The molecule has 0 aromatic heterocycles. The first-order valence-electron chi connectivity index (χ1n) is 16.2. The Morgan fingerprint density at radius 1 is 0.886 bits per heavy atom. The molecular weight excluding hydrogens is 560 g/mol. The van der Waals surface area contributed by atoms with Crippen LogP contribution in [0.3, 0.4) is 0 Å². The lowest BCUT2D eigenvalue weighted by Gasteiger charge is -2.47. The summed E-state index contributed by atoms with van der Waals surface area (Å²) in [5, 5.41) is 35.5. The van der Waals surface area contributed by atoms with Gasteiger partial charge in [0.25, 0.3) is 0 Å². The maximum Gasteiger partial charge on any atom is 0.220 e. The molecule has 0 bridgehead atoms. The summed E-state index contributed by atoms with van der Waals surface area (Å²) in [6, 6.07) is 0. The Morgan fingerprint density at radius 2 is 1.43 bits per heavy atom. The predicted octanol–water partition coefficient (Wildman–Crippen LogP) is 4.49. The van der Waals surface area contributed by atoms with Gasteiger partial charge in [0.15, 0.2) is 11.6 Å². The third-order valence-corrected chi connectivity index (χ3v) is 9.31. The first kappa shape index (κ1) is 40.4. The van der Waals surface area contributed by atoms with Crippen LogP contribution in [0, 0.1) is 27.6 Å². The number of allylic oxidation sites excluding steroid dienone is 2. The van der Waals surface area contributed by atoms with Gasteiger partial charge in [0.05, 0.1) is 36.6 Å². The van der Waals surface area contributed by atoms with Crippen LogP contribution in [0.1, 0.15) is 121 Å². The number of amides is 1. The molecule has 0 spiro atoms. The van der Waals surface area contributed by atoms with Crippen LogP contribution in [-0.4, -0.2) is 75.9 Å². The van der Waals surface area contributed by atoms with Crippen molar-refractivity contribution in [1.82, 2.24) is 5.32 Å². The number of unbranched alkanes of at least 4 members (excludes halogenated alkanes) is 1. The summed E-state index contributed by atoms with van der Waals surface area (Å²) in [6.45, 7) is 21.7. The van der Waals surface area contributed by atoms with Crippen molar-refractivity contribution in [3.05, 3.63) is 12.2 Å². The van der Waals surface area contributed by atoms with Gasteiger partial charge in [-0.15, -0.1) is 0 Å². The van der Waals surface area contributed by atoms with Crippen LogP contribution < -0.4 is 11.1 Å². The molecule has 1 aliphatic carbocycles. The van der Waals surface area contributed by atoms with Gasteiger partial charge in [-0.25, -0.2) is 0 Å². The quantitative estimate of drug-likeness (QED) is 0.132. The van der Waals surface area contributed by atoms with E-state index in [-0.39, 0.29) is 56.0 Å². The first-order chi connectivity index (χ1) is 19.8. The van der Waals surface area contributed by atoms with E-state index in [1.165, 1.54) is 12.2 Å². The van der Waals surface area contributed by atoms with Crippen LogP contribution in [-0.2, 0) is 19.1 Å². The largest absolute Gasteiger partial charge is 0.396 e. The van der Waals surface area contributed by atoms with E-state index in [1.807, 2.05) is 76.2 Å². The highest BCUT2D eigenvalue weighted by Gasteiger charge is 2.46. The zero-order valence-electron chi connectivity index (χ0n) is 29.5. The molecule has 44 heavy (non-hydrogen) atoms. The zero-order valence-corrected chi connectivity index (χ0v) is 29.5. The van der Waals surface area contributed by atoms with E-state index < -0.39 is 45.0 Å². The average molecular weight is 625 g/mol. The lowest BCUT2D eigenvalue weighted by atomic mass is 9.66. The molecule has 0 aromatic rings. The van der Waals surface area contributed by atoms with Crippen molar-refractivity contribution in [3.8, 4) is 0 Å². The van der Waals surface area contributed by atoms with Crippen molar-refractivity contribution >= 4 is 17.5 Å². The second-order valence-corrected chi connectivity index (χ2v) is 17.0. The topological polar surface area (TPSA) is 159 Å². The smallest absolute Gasteiger partial charge is 0.220 e. The number of carbonyl (C=O) groups is 3. The Labute approximate surface area is 266 Å². The van der Waals surface area contributed by atoms with Crippen molar-refractivity contribution in [1.29, 1.82) is 0 Å². The molecule has 0 heterocycles. The van der Waals surface area contributed by atoms with Crippen LogP contribution >= 0.6 is 0 Å². The summed E-state index contributed by atoms with van der Waals surface area (Å²) < 4.78 is 6.40. The Balaban J connectivity index is 2.76. The van der Waals surface area contributed by atoms with Crippen molar-refractivity contribution < 1.29 is 34.4 Å². The molecule has 9 nitrogen and oxygen atoms in total. The Morgan fingerprint density at radius 3 is 1.98 bits per heavy atom. The highest BCUT2D eigenvalue weighted by molar-refractivity contribution is 6.05. The van der Waals surface area contributed by atoms with Gasteiger partial charge in [0, 0.05) is 36.1 Å². The van der Waals surface area contributed by atoms with E-state index in [4.69, 9.17) is 10.5 Å². The summed E-state index contributed by atoms with van der Waals surface area (Å²) in [5.74, 6) is -0.474. The number of aliphatic hydroxyl groups is 3. The SMILES string of the molecule is CC(CN)(CC(C)(C)C(O)C(C)(C)COC(C)(C)CC(C)(C)C(O)C(C)(C)CO)NC(=O)CCCCC1CC(=O)C=CC1=O. The third kappa shape index (κ3) is 11.9. The van der Waals surface area contributed by atoms with Gasteiger partial charge in [-0.3, -0.25) is 14.4 Å². The molecule has 1 aliphatic rings. The summed E-state index contributed by atoms with van der Waals surface area (Å²) in [7, 11) is 0. The number of nitrogens with two attached hydrogens (primary N) is 1. The summed E-state index contributed by atoms with van der Waals surface area (Å²) >= 11 is 0. The molecule has 0 fully saturated rings. The normalized spacial score (nSPS) is 19.9. The van der Waals surface area contributed by atoms with Crippen molar-refractivity contribution in [2.75, 3.05) is 19.8 Å². The van der Waals surface area contributed by atoms with Crippen LogP contribution in [0.25, 0.3) is 0 Å². The number of hydrogen-bond acceptors (Lipinski definition) is 8. The number of ketones is 2. The molecule has 0 saturated carbocycles. The fraction of sp³-hybridized carbons (Fsp3) is 0.857. The van der Waals surface area contributed by atoms with Crippen LogP contribution in [0.15, 0.2) is 12.2 Å². The van der Waals surface area contributed by atoms with Crippen molar-refractivity contribution in [2.45, 2.75) is 144 Å². The van der Waals surface area contributed by atoms with Gasteiger partial charge in [-0.1, -0.05) is 61.8 Å². The summed E-state index contributed by atoms with van der Waals surface area (Å²) in [4.78, 5) is 36.5. The molecule has 9 heteroatoms. The molecule has 0 radical (unpaired) electrons. The molecule has 4 atom stereocenters. The van der Waals surface area contributed by atoms with E-state index in [1.54, 1.807) is 0 Å². The van der Waals surface area contributed by atoms with Gasteiger partial charge in [0.2, 0.25) is 5.91 Å². The molecule has 0 saturated heterocycles. The molecular formula is C35H64N2O7. The van der Waals surface area contributed by atoms with Gasteiger partial charge >= 0.3 is 0 Å². The number of carbonyl (C=O) groups excluding carboxylic acids is 3. The number of aliphatic hydroxyl groups excluding tert-OH is 3. The van der Waals surface area contributed by atoms with Gasteiger partial charge in [-0.05, 0) is 69.4 Å². The lowest BCUT2D eigenvalue weighted by molar-refractivity contribution is -0.147. The molecule has 4 unspecified atom stereocenters. The van der Waals surface area contributed by atoms with Crippen LogP contribution in [0.2, 0.25) is 0 Å². The van der Waals surface area contributed by atoms with Gasteiger partial charge in [-0.2, -0.15) is 0 Å². The Hall–Kier alpha value is -1.65. The summed E-state index contributed by atoms with van der Waals surface area (Å²) in [5.41, 5.74) is 2.37. The minimum Gasteiger partial charge on any atom is -0.396 e. The van der Waals surface area contributed by atoms with E-state index in [2.05, 4.69) is 5.32 Å². The second kappa shape index (κ2) is 15.3. The number of hydrogen-bond donors (Lipinski definition) is 5. The second-order valence-electron chi connectivity index (χ2n) is 17.0. The highest BCUT2D eigenvalue weighted by Crippen LogP contribution is 2.43. The fourth-order valence-corrected chi connectivity index (χ4v) is 7.22. The first-order valence-corrected chi connectivity index (χ1v) is 16.2. The minimum absolute atomic E-state index is 0.0211. The van der Waals surface area contributed by atoms with Crippen molar-refractivity contribution in [3.63, 3.8) is 0 Å². The van der Waals surface area contributed by atoms with Gasteiger partial charge in [0.1, 0.15) is 0 Å². The molecule has 1 rings (SSSR count). The minimum atomic E-state index is -0.787. The zero-order chi connectivity index (χ0) is 34.4. The highest BCUT2D eigenvalue weighted by atomic mass is 16.5. The van der Waals surface area contributed by atoms with E-state index in [0.29, 0.717) is 32.1 Å². The van der Waals surface area contributed by atoms with Crippen LogP contribution in [0.5, 0.6) is 0 Å². The van der Waals surface area contributed by atoms with E-state index in [0.717, 1.165) is 0 Å². The molecule has 256 valence electrons. The van der Waals surface area contributed by atoms with Crippen molar-refractivity contribution in [2.24, 2.45) is 33.3 Å². The number of ether oxygens (including phenoxy) is 1.